The third-order valence-corrected chi connectivity index (χ3v) is 4.62. The lowest BCUT2D eigenvalue weighted by Gasteiger charge is -2.19. The van der Waals surface area contributed by atoms with Crippen LogP contribution in [0.1, 0.15) is 37.4 Å². The van der Waals surface area contributed by atoms with Gasteiger partial charge in [0, 0.05) is 13.2 Å². The monoisotopic (exact) mass is 285 g/mol. The maximum absolute atomic E-state index is 12.0. The highest BCUT2D eigenvalue weighted by molar-refractivity contribution is 7.89. The topological polar surface area (TPSA) is 55.4 Å². The minimum absolute atomic E-state index is 0.0220. The molecule has 0 aliphatic carbocycles. The van der Waals surface area contributed by atoms with Crippen LogP contribution in [0.2, 0.25) is 0 Å². The Morgan fingerprint density at radius 1 is 1.26 bits per heavy atom. The molecule has 0 spiro atoms. The fourth-order valence-corrected chi connectivity index (χ4v) is 3.41. The Kier molecular flexibility index (Phi) is 5.97. The van der Waals surface area contributed by atoms with Gasteiger partial charge < -0.3 is 4.74 Å². The van der Waals surface area contributed by atoms with Crippen molar-refractivity contribution in [3.63, 3.8) is 0 Å². The van der Waals surface area contributed by atoms with Gasteiger partial charge in [-0.05, 0) is 25.8 Å². The molecule has 1 rings (SSSR count). The standard InChI is InChI=1S/C14H23NO3S/c1-5-14(13-8-6-11(2)7-9-13)15-19(16,17)10-12(3)18-4/h6-9,12,14-15H,5,10H2,1-4H3. The maximum Gasteiger partial charge on any atom is 0.214 e. The molecule has 0 fully saturated rings. The molecule has 19 heavy (non-hydrogen) atoms. The van der Waals surface area contributed by atoms with E-state index in [9.17, 15) is 8.42 Å². The molecule has 2 atom stereocenters. The first-order valence-electron chi connectivity index (χ1n) is 6.47. The molecule has 0 bridgehead atoms. The summed E-state index contributed by atoms with van der Waals surface area (Å²) in [6.07, 6.45) is 0.400. The Bertz CT molecular complexity index is 482. The zero-order chi connectivity index (χ0) is 14.5. The molecule has 5 heteroatoms. The molecular weight excluding hydrogens is 262 g/mol. The summed E-state index contributed by atoms with van der Waals surface area (Å²) in [5.41, 5.74) is 2.15. The highest BCUT2D eigenvalue weighted by atomic mass is 32.2. The van der Waals surface area contributed by atoms with Crippen molar-refractivity contribution in [1.82, 2.24) is 4.72 Å². The molecule has 2 unspecified atom stereocenters. The Balaban J connectivity index is 2.79. The van der Waals surface area contributed by atoms with E-state index in [0.29, 0.717) is 6.42 Å². The van der Waals surface area contributed by atoms with E-state index in [1.807, 2.05) is 38.1 Å². The fourth-order valence-electron chi connectivity index (χ4n) is 1.83. The molecule has 0 saturated carbocycles. The summed E-state index contributed by atoms with van der Waals surface area (Å²) in [6, 6.07) is 7.72. The smallest absolute Gasteiger partial charge is 0.214 e. The second-order valence-electron chi connectivity index (χ2n) is 4.82. The number of hydrogen-bond donors (Lipinski definition) is 1. The minimum atomic E-state index is -3.34. The number of ether oxygens (including phenoxy) is 1. The molecule has 0 aliphatic heterocycles. The highest BCUT2D eigenvalue weighted by Gasteiger charge is 2.20. The van der Waals surface area contributed by atoms with E-state index >= 15 is 0 Å². The van der Waals surface area contributed by atoms with Gasteiger partial charge in [0.25, 0.3) is 0 Å². The molecule has 0 amide bonds. The molecule has 0 heterocycles. The van der Waals surface area contributed by atoms with Crippen LogP contribution in [-0.4, -0.2) is 27.4 Å². The summed E-state index contributed by atoms with van der Waals surface area (Å²) < 4.78 is 31.8. The number of aryl methyl sites for hydroxylation is 1. The van der Waals surface area contributed by atoms with Crippen LogP contribution in [0.3, 0.4) is 0 Å². The second-order valence-corrected chi connectivity index (χ2v) is 6.62. The largest absolute Gasteiger partial charge is 0.381 e. The molecule has 0 radical (unpaired) electrons. The molecule has 108 valence electrons. The van der Waals surface area contributed by atoms with Gasteiger partial charge in [-0.25, -0.2) is 13.1 Å². The van der Waals surface area contributed by atoms with Crippen molar-refractivity contribution >= 4 is 10.0 Å². The van der Waals surface area contributed by atoms with Gasteiger partial charge in [0.05, 0.1) is 11.9 Å². The molecule has 1 aromatic carbocycles. The fraction of sp³-hybridized carbons (Fsp3) is 0.571. The first kappa shape index (κ1) is 16.1. The Hall–Kier alpha value is -0.910. The Labute approximate surface area is 116 Å². The summed E-state index contributed by atoms with van der Waals surface area (Å²) in [5.74, 6) is -0.0220. The number of benzene rings is 1. The zero-order valence-electron chi connectivity index (χ0n) is 12.0. The van der Waals surface area contributed by atoms with Crippen LogP contribution >= 0.6 is 0 Å². The van der Waals surface area contributed by atoms with Crippen LogP contribution in [0.4, 0.5) is 0 Å². The van der Waals surface area contributed by atoms with Crippen molar-refractivity contribution in [3.8, 4) is 0 Å². The van der Waals surface area contributed by atoms with Gasteiger partial charge in [-0.2, -0.15) is 0 Å². The van der Waals surface area contributed by atoms with Crippen molar-refractivity contribution in [2.75, 3.05) is 12.9 Å². The number of nitrogens with one attached hydrogen (secondary N) is 1. The SMILES string of the molecule is CCC(NS(=O)(=O)CC(C)OC)c1ccc(C)cc1. The Morgan fingerprint density at radius 3 is 2.32 bits per heavy atom. The number of methoxy groups -OCH3 is 1. The van der Waals surface area contributed by atoms with Crippen LogP contribution in [-0.2, 0) is 14.8 Å². The molecule has 0 saturated heterocycles. The van der Waals surface area contributed by atoms with Crippen LogP contribution in [0, 0.1) is 6.92 Å². The lowest BCUT2D eigenvalue weighted by molar-refractivity contribution is 0.136. The predicted molar refractivity (Wildman–Crippen MR) is 77.6 cm³/mol. The van der Waals surface area contributed by atoms with E-state index in [-0.39, 0.29) is 17.9 Å². The van der Waals surface area contributed by atoms with E-state index in [1.54, 1.807) is 6.92 Å². The molecule has 0 aromatic heterocycles. The van der Waals surface area contributed by atoms with E-state index in [4.69, 9.17) is 4.74 Å². The van der Waals surface area contributed by atoms with Crippen LogP contribution in [0.25, 0.3) is 0 Å². The van der Waals surface area contributed by atoms with Crippen molar-refractivity contribution in [2.45, 2.75) is 39.3 Å². The van der Waals surface area contributed by atoms with Gasteiger partial charge in [-0.1, -0.05) is 36.8 Å². The lowest BCUT2D eigenvalue weighted by Crippen LogP contribution is -2.34. The number of sulfonamides is 1. The van der Waals surface area contributed by atoms with Crippen molar-refractivity contribution in [2.24, 2.45) is 0 Å². The first-order valence-corrected chi connectivity index (χ1v) is 8.12. The lowest BCUT2D eigenvalue weighted by atomic mass is 10.0. The van der Waals surface area contributed by atoms with Gasteiger partial charge in [0.2, 0.25) is 10.0 Å². The first-order chi connectivity index (χ1) is 8.88. The van der Waals surface area contributed by atoms with Crippen LogP contribution < -0.4 is 4.72 Å². The summed E-state index contributed by atoms with van der Waals surface area (Å²) in [6.45, 7) is 5.72. The van der Waals surface area contributed by atoms with E-state index in [0.717, 1.165) is 11.1 Å². The molecule has 1 aromatic rings. The maximum atomic E-state index is 12.0. The van der Waals surface area contributed by atoms with Crippen LogP contribution in [0.15, 0.2) is 24.3 Å². The quantitative estimate of drug-likeness (QED) is 0.837. The van der Waals surface area contributed by atoms with Gasteiger partial charge >= 0.3 is 0 Å². The average Bonchev–Trinajstić information content (AvgIpc) is 2.36. The Morgan fingerprint density at radius 2 is 1.84 bits per heavy atom. The summed E-state index contributed by atoms with van der Waals surface area (Å²) >= 11 is 0. The van der Waals surface area contributed by atoms with E-state index in [2.05, 4.69) is 4.72 Å². The van der Waals surface area contributed by atoms with E-state index in [1.165, 1.54) is 7.11 Å². The molecule has 4 nitrogen and oxygen atoms in total. The second kappa shape index (κ2) is 7.03. The third kappa shape index (κ3) is 5.30. The van der Waals surface area contributed by atoms with Crippen molar-refractivity contribution < 1.29 is 13.2 Å². The summed E-state index contributed by atoms with van der Waals surface area (Å²) in [7, 11) is -1.83. The van der Waals surface area contributed by atoms with Gasteiger partial charge in [0.1, 0.15) is 0 Å². The van der Waals surface area contributed by atoms with Gasteiger partial charge in [-0.15, -0.1) is 0 Å². The predicted octanol–water partition coefficient (Wildman–Crippen LogP) is 2.40. The summed E-state index contributed by atoms with van der Waals surface area (Å²) in [5, 5.41) is 0. The number of hydrogen-bond acceptors (Lipinski definition) is 3. The number of rotatable bonds is 7. The van der Waals surface area contributed by atoms with Crippen LogP contribution in [0.5, 0.6) is 0 Å². The average molecular weight is 285 g/mol. The highest BCUT2D eigenvalue weighted by Crippen LogP contribution is 2.18. The molecule has 1 N–H and O–H groups in total. The van der Waals surface area contributed by atoms with E-state index < -0.39 is 10.0 Å². The molecular formula is C14H23NO3S. The zero-order valence-corrected chi connectivity index (χ0v) is 12.8. The van der Waals surface area contributed by atoms with Crippen molar-refractivity contribution in [3.05, 3.63) is 35.4 Å². The minimum Gasteiger partial charge on any atom is -0.381 e. The van der Waals surface area contributed by atoms with Crippen molar-refractivity contribution in [1.29, 1.82) is 0 Å². The van der Waals surface area contributed by atoms with Gasteiger partial charge in [-0.3, -0.25) is 0 Å². The summed E-state index contributed by atoms with van der Waals surface area (Å²) in [4.78, 5) is 0. The third-order valence-electron chi connectivity index (χ3n) is 3.07. The van der Waals surface area contributed by atoms with Gasteiger partial charge in [0.15, 0.2) is 0 Å². The normalized spacial score (nSPS) is 15.2. The molecule has 0 aliphatic rings.